The van der Waals surface area contributed by atoms with Gasteiger partial charge in [0.25, 0.3) is 5.91 Å². The van der Waals surface area contributed by atoms with Crippen LogP contribution in [0.2, 0.25) is 0 Å². The second-order valence-electron chi connectivity index (χ2n) is 8.15. The lowest BCUT2D eigenvalue weighted by Crippen LogP contribution is -2.33. The number of nitrogens with zero attached hydrogens (tertiary/aromatic N) is 1. The van der Waals surface area contributed by atoms with Crippen molar-refractivity contribution in [3.63, 3.8) is 0 Å². The Bertz CT molecular complexity index is 1350. The molecule has 6 nitrogen and oxygen atoms in total. The number of fused-ring (bicyclic) bond motifs is 1. The molecular weight excluding hydrogens is 430 g/mol. The SMILES string of the molecule is COc1ccc(C2C(C(=O)c3cc4ccccc4o3)=C(O)C(=O)N2CCc2ccccc2)cc1. The normalized spacial score (nSPS) is 15.9. The fraction of sp³-hybridized carbons (Fsp3) is 0.143. The molecule has 0 radical (unpaired) electrons. The minimum Gasteiger partial charge on any atom is -0.503 e. The summed E-state index contributed by atoms with van der Waals surface area (Å²) in [6, 6.07) is 25.1. The third kappa shape index (κ3) is 3.83. The molecule has 0 fully saturated rings. The molecular formula is C28H23NO5. The first-order chi connectivity index (χ1) is 16.6. The molecule has 0 saturated heterocycles. The predicted octanol–water partition coefficient (Wildman–Crippen LogP) is 5.26. The molecule has 1 aliphatic heterocycles. The van der Waals surface area contributed by atoms with Gasteiger partial charge in [-0.1, -0.05) is 60.7 Å². The van der Waals surface area contributed by atoms with Gasteiger partial charge in [-0.3, -0.25) is 9.59 Å². The van der Waals surface area contributed by atoms with Gasteiger partial charge in [0.1, 0.15) is 11.3 Å². The van der Waals surface area contributed by atoms with Gasteiger partial charge in [0.05, 0.1) is 18.7 Å². The summed E-state index contributed by atoms with van der Waals surface area (Å²) in [5.41, 5.74) is 2.34. The maximum absolute atomic E-state index is 13.6. The maximum Gasteiger partial charge on any atom is 0.290 e. The Morgan fingerprint density at radius 3 is 2.41 bits per heavy atom. The quantitative estimate of drug-likeness (QED) is 0.386. The number of benzene rings is 3. The molecule has 1 N–H and O–H groups in total. The van der Waals surface area contributed by atoms with Crippen molar-refractivity contribution in [1.82, 2.24) is 4.90 Å². The topological polar surface area (TPSA) is 80.0 Å². The van der Waals surface area contributed by atoms with Gasteiger partial charge < -0.3 is 19.2 Å². The molecule has 0 aliphatic carbocycles. The number of amides is 1. The van der Waals surface area contributed by atoms with Crippen molar-refractivity contribution in [2.75, 3.05) is 13.7 Å². The fourth-order valence-electron chi connectivity index (χ4n) is 4.37. The molecule has 0 saturated carbocycles. The van der Waals surface area contributed by atoms with Gasteiger partial charge in [-0.15, -0.1) is 0 Å². The Morgan fingerprint density at radius 1 is 1.00 bits per heavy atom. The minimum absolute atomic E-state index is 0.0160. The molecule has 3 aromatic carbocycles. The molecule has 1 amide bonds. The molecule has 0 bridgehead atoms. The van der Waals surface area contributed by atoms with Crippen LogP contribution in [0.25, 0.3) is 11.0 Å². The van der Waals surface area contributed by atoms with Crippen molar-refractivity contribution < 1.29 is 23.8 Å². The highest BCUT2D eigenvalue weighted by molar-refractivity contribution is 6.16. The zero-order valence-corrected chi connectivity index (χ0v) is 18.6. The largest absolute Gasteiger partial charge is 0.503 e. The molecule has 1 atom stereocenters. The lowest BCUT2D eigenvalue weighted by molar-refractivity contribution is -0.129. The number of ether oxygens (including phenoxy) is 1. The molecule has 6 heteroatoms. The molecule has 170 valence electrons. The summed E-state index contributed by atoms with van der Waals surface area (Å²) in [6.07, 6.45) is 0.582. The summed E-state index contributed by atoms with van der Waals surface area (Å²) >= 11 is 0. The Morgan fingerprint density at radius 2 is 1.71 bits per heavy atom. The van der Waals surface area contributed by atoms with Crippen molar-refractivity contribution in [2.45, 2.75) is 12.5 Å². The minimum atomic E-state index is -0.747. The molecule has 5 rings (SSSR count). The van der Waals surface area contributed by atoms with E-state index in [1.165, 1.54) is 0 Å². The lowest BCUT2D eigenvalue weighted by Gasteiger charge is -2.27. The van der Waals surface area contributed by atoms with Crippen molar-refractivity contribution in [2.24, 2.45) is 0 Å². The van der Waals surface area contributed by atoms with Gasteiger partial charge >= 0.3 is 0 Å². The first-order valence-corrected chi connectivity index (χ1v) is 11.0. The summed E-state index contributed by atoms with van der Waals surface area (Å²) in [5.74, 6) is -0.887. The van der Waals surface area contributed by atoms with E-state index in [4.69, 9.17) is 9.15 Å². The number of ketones is 1. The zero-order chi connectivity index (χ0) is 23.7. The highest BCUT2D eigenvalue weighted by Crippen LogP contribution is 2.40. The van der Waals surface area contributed by atoms with E-state index in [2.05, 4.69) is 0 Å². The first-order valence-electron chi connectivity index (χ1n) is 11.0. The third-order valence-electron chi connectivity index (χ3n) is 6.11. The fourth-order valence-corrected chi connectivity index (χ4v) is 4.37. The van der Waals surface area contributed by atoms with Crippen LogP contribution in [0.1, 0.15) is 27.7 Å². The van der Waals surface area contributed by atoms with Crippen LogP contribution < -0.4 is 4.74 Å². The molecule has 0 spiro atoms. The molecule has 2 heterocycles. The van der Waals surface area contributed by atoms with Gasteiger partial charge in [0, 0.05) is 11.9 Å². The number of hydrogen-bond donors (Lipinski definition) is 1. The smallest absolute Gasteiger partial charge is 0.290 e. The summed E-state index contributed by atoms with van der Waals surface area (Å²) in [4.78, 5) is 28.3. The van der Waals surface area contributed by atoms with Gasteiger partial charge in [0.15, 0.2) is 11.5 Å². The van der Waals surface area contributed by atoms with E-state index in [9.17, 15) is 14.7 Å². The van der Waals surface area contributed by atoms with Gasteiger partial charge in [0.2, 0.25) is 5.78 Å². The number of aliphatic hydroxyl groups is 1. The van der Waals surface area contributed by atoms with Gasteiger partial charge in [-0.05, 0) is 41.8 Å². The lowest BCUT2D eigenvalue weighted by atomic mass is 9.94. The first kappa shape index (κ1) is 21.5. The van der Waals surface area contributed by atoms with Crippen LogP contribution in [0.15, 0.2) is 101 Å². The van der Waals surface area contributed by atoms with Crippen LogP contribution in [0.3, 0.4) is 0 Å². The van der Waals surface area contributed by atoms with Crippen molar-refractivity contribution in [3.05, 3.63) is 113 Å². The average molecular weight is 453 g/mol. The van der Waals surface area contributed by atoms with E-state index in [-0.39, 0.29) is 11.3 Å². The summed E-state index contributed by atoms with van der Waals surface area (Å²) in [5, 5.41) is 11.6. The van der Waals surface area contributed by atoms with Crippen LogP contribution >= 0.6 is 0 Å². The van der Waals surface area contributed by atoms with Crippen LogP contribution in [0, 0.1) is 0 Å². The monoisotopic (exact) mass is 453 g/mol. The Labute approximate surface area is 196 Å². The second-order valence-corrected chi connectivity index (χ2v) is 8.15. The number of Topliss-reactive ketones (excluding diaryl/α,β-unsaturated/α-hetero) is 1. The van der Waals surface area contributed by atoms with E-state index in [1.807, 2.05) is 48.5 Å². The number of carbonyl (C=O) groups is 2. The third-order valence-corrected chi connectivity index (χ3v) is 6.11. The summed E-state index contributed by atoms with van der Waals surface area (Å²) < 4.78 is 11.0. The number of methoxy groups -OCH3 is 1. The van der Waals surface area contributed by atoms with Gasteiger partial charge in [-0.2, -0.15) is 0 Å². The number of aliphatic hydroxyl groups excluding tert-OH is 1. The van der Waals surface area contributed by atoms with Gasteiger partial charge in [-0.25, -0.2) is 0 Å². The number of para-hydroxylation sites is 1. The van der Waals surface area contributed by atoms with Crippen LogP contribution in [0.5, 0.6) is 5.75 Å². The van der Waals surface area contributed by atoms with E-state index in [1.54, 1.807) is 48.4 Å². The van der Waals surface area contributed by atoms with E-state index < -0.39 is 23.5 Å². The number of furan rings is 1. The van der Waals surface area contributed by atoms with Crippen molar-refractivity contribution in [3.8, 4) is 5.75 Å². The molecule has 34 heavy (non-hydrogen) atoms. The zero-order valence-electron chi connectivity index (χ0n) is 18.6. The van der Waals surface area contributed by atoms with Crippen molar-refractivity contribution in [1.29, 1.82) is 0 Å². The number of carbonyl (C=O) groups excluding carboxylic acids is 2. The molecule has 1 unspecified atom stereocenters. The summed E-state index contributed by atoms with van der Waals surface area (Å²) in [7, 11) is 1.57. The summed E-state index contributed by atoms with van der Waals surface area (Å²) in [6.45, 7) is 0.334. The van der Waals surface area contributed by atoms with E-state index >= 15 is 0 Å². The molecule has 1 aliphatic rings. The predicted molar refractivity (Wildman–Crippen MR) is 128 cm³/mol. The van der Waals surface area contributed by atoms with E-state index in [0.29, 0.717) is 29.9 Å². The maximum atomic E-state index is 13.6. The number of hydrogen-bond acceptors (Lipinski definition) is 5. The standard InChI is InChI=1S/C28H23NO5/c1-33-21-13-11-19(12-14-21)25-24(26(30)23-17-20-9-5-6-10-22(20)34-23)27(31)28(32)29(25)16-15-18-7-3-2-4-8-18/h2-14,17,25,31H,15-16H2,1H3. The second kappa shape index (κ2) is 8.90. The Balaban J connectivity index is 1.54. The van der Waals surface area contributed by atoms with Crippen LogP contribution in [0.4, 0.5) is 0 Å². The van der Waals surface area contributed by atoms with Crippen LogP contribution in [-0.4, -0.2) is 35.4 Å². The molecule has 1 aromatic heterocycles. The highest BCUT2D eigenvalue weighted by Gasteiger charge is 2.44. The highest BCUT2D eigenvalue weighted by atomic mass is 16.5. The van der Waals surface area contributed by atoms with Crippen LogP contribution in [-0.2, 0) is 11.2 Å². The Hall–Kier alpha value is -4.32. The Kier molecular flexibility index (Phi) is 5.64. The average Bonchev–Trinajstić information content (AvgIpc) is 3.42. The molecule has 4 aromatic rings. The number of rotatable bonds is 7. The van der Waals surface area contributed by atoms with Crippen molar-refractivity contribution >= 4 is 22.7 Å². The van der Waals surface area contributed by atoms with E-state index in [0.717, 1.165) is 10.9 Å².